The van der Waals surface area contributed by atoms with Gasteiger partial charge in [0.05, 0.1) is 9.72 Å². The van der Waals surface area contributed by atoms with Crippen LogP contribution in [0.1, 0.15) is 0 Å². The molecule has 1 aromatic carbocycles. The molecule has 0 saturated heterocycles. The molecule has 25 heavy (non-hydrogen) atoms. The average Bonchev–Trinajstić information content (AvgIpc) is 3.01. The number of thiazole rings is 1. The van der Waals surface area contributed by atoms with Gasteiger partial charge in [0, 0.05) is 13.1 Å². The molecule has 0 spiro atoms. The molecule has 136 valence electrons. The Kier molecular flexibility index (Phi) is 6.89. The Morgan fingerprint density at radius 2 is 2.12 bits per heavy atom. The molecular formula is C16H19Cl2N3O3S. The van der Waals surface area contributed by atoms with Crippen LogP contribution in [0.5, 0.6) is 0 Å². The van der Waals surface area contributed by atoms with E-state index in [1.54, 1.807) is 11.0 Å². The van der Waals surface area contributed by atoms with Crippen molar-refractivity contribution in [1.82, 2.24) is 9.88 Å². The van der Waals surface area contributed by atoms with Gasteiger partial charge in [-0.2, -0.15) is 0 Å². The predicted molar refractivity (Wildman–Crippen MR) is 103 cm³/mol. The Morgan fingerprint density at radius 3 is 2.76 bits per heavy atom. The quantitative estimate of drug-likeness (QED) is 0.767. The number of hydrogen-bond donors (Lipinski definition) is 0. The van der Waals surface area contributed by atoms with Gasteiger partial charge in [-0.3, -0.25) is 9.69 Å². The van der Waals surface area contributed by atoms with E-state index in [-0.39, 0.29) is 24.1 Å². The number of carbonyl (C=O) groups is 1. The van der Waals surface area contributed by atoms with Gasteiger partial charge in [-0.05, 0) is 26.2 Å². The van der Waals surface area contributed by atoms with Crippen molar-refractivity contribution in [3.05, 3.63) is 35.2 Å². The van der Waals surface area contributed by atoms with Crippen molar-refractivity contribution in [3.63, 3.8) is 0 Å². The van der Waals surface area contributed by atoms with Crippen LogP contribution >= 0.6 is 35.3 Å². The van der Waals surface area contributed by atoms with Gasteiger partial charge in [0.1, 0.15) is 25.0 Å². The summed E-state index contributed by atoms with van der Waals surface area (Å²) in [4.78, 5) is 21.0. The Bertz CT molecular complexity index is 779. The fourth-order valence-electron chi connectivity index (χ4n) is 2.22. The van der Waals surface area contributed by atoms with E-state index >= 15 is 0 Å². The van der Waals surface area contributed by atoms with Gasteiger partial charge in [-0.25, -0.2) is 4.98 Å². The minimum Gasteiger partial charge on any atom is -0.494 e. The lowest BCUT2D eigenvalue weighted by atomic mass is 10.3. The Balaban J connectivity index is 0.00000225. The highest BCUT2D eigenvalue weighted by atomic mass is 35.5. The van der Waals surface area contributed by atoms with Crippen LogP contribution < -0.4 is 4.90 Å². The van der Waals surface area contributed by atoms with Crippen LogP contribution in [0.2, 0.25) is 5.02 Å². The molecule has 0 aliphatic carbocycles. The smallest absolute Gasteiger partial charge is 0.298 e. The van der Waals surface area contributed by atoms with Gasteiger partial charge >= 0.3 is 0 Å². The van der Waals surface area contributed by atoms with Gasteiger partial charge in [0.2, 0.25) is 5.76 Å². The fraction of sp³-hybridized carbons (Fsp3) is 0.375. The molecule has 0 N–H and O–H groups in total. The maximum Gasteiger partial charge on any atom is 0.298 e. The summed E-state index contributed by atoms with van der Waals surface area (Å²) >= 11 is 7.64. The van der Waals surface area contributed by atoms with E-state index in [0.717, 1.165) is 4.70 Å². The second-order valence-corrected chi connectivity index (χ2v) is 6.96. The number of fused-ring (bicyclic) bond motifs is 1. The Labute approximate surface area is 161 Å². The minimum absolute atomic E-state index is 0. The fourth-order valence-corrected chi connectivity index (χ4v) is 3.51. The van der Waals surface area contributed by atoms with Crippen LogP contribution in [0.15, 0.2) is 30.2 Å². The molecule has 0 fully saturated rings. The molecule has 1 aliphatic rings. The van der Waals surface area contributed by atoms with Gasteiger partial charge in [-0.1, -0.05) is 29.0 Å². The van der Waals surface area contributed by atoms with Crippen LogP contribution in [0.25, 0.3) is 10.2 Å². The van der Waals surface area contributed by atoms with Crippen molar-refractivity contribution in [1.29, 1.82) is 0 Å². The van der Waals surface area contributed by atoms with Crippen LogP contribution in [-0.2, 0) is 14.3 Å². The number of amides is 1. The number of hydrogen-bond acceptors (Lipinski definition) is 6. The van der Waals surface area contributed by atoms with Crippen molar-refractivity contribution in [2.45, 2.75) is 0 Å². The summed E-state index contributed by atoms with van der Waals surface area (Å²) in [5, 5.41) is 1.17. The maximum absolute atomic E-state index is 12.8. The number of ether oxygens (including phenoxy) is 2. The summed E-state index contributed by atoms with van der Waals surface area (Å²) in [5.41, 5.74) is 0.705. The first kappa shape index (κ1) is 19.8. The molecule has 3 rings (SSSR count). The van der Waals surface area contributed by atoms with Gasteiger partial charge in [0.25, 0.3) is 5.91 Å². The highest BCUT2D eigenvalue weighted by molar-refractivity contribution is 7.22. The number of rotatable bonds is 5. The summed E-state index contributed by atoms with van der Waals surface area (Å²) in [6.45, 7) is 2.00. The second-order valence-electron chi connectivity index (χ2n) is 5.54. The summed E-state index contributed by atoms with van der Waals surface area (Å²) < 4.78 is 11.6. The molecule has 1 aromatic heterocycles. The molecule has 1 amide bonds. The van der Waals surface area contributed by atoms with Gasteiger partial charge < -0.3 is 14.4 Å². The standard InChI is InChI=1S/C16H18ClN3O3S.ClH/c1-19(2)6-7-20(15(21)12-10-22-8-9-23-12)16-18-14-11(17)4-3-5-13(14)24-16;/h3-5,10H,6-9H2,1-2H3;1H. The third kappa shape index (κ3) is 4.55. The first-order valence-electron chi connectivity index (χ1n) is 7.52. The summed E-state index contributed by atoms with van der Waals surface area (Å²) in [6.07, 6.45) is 1.37. The first-order valence-corrected chi connectivity index (χ1v) is 8.72. The molecule has 0 radical (unpaired) electrons. The van der Waals surface area contributed by atoms with E-state index in [0.29, 0.717) is 42.0 Å². The summed E-state index contributed by atoms with van der Waals surface area (Å²) in [6, 6.07) is 5.61. The molecule has 2 aromatic rings. The molecule has 0 atom stereocenters. The normalized spacial score (nSPS) is 13.7. The van der Waals surface area contributed by atoms with Crippen molar-refractivity contribution in [3.8, 4) is 0 Å². The lowest BCUT2D eigenvalue weighted by molar-refractivity contribution is -0.119. The number of halogens is 2. The minimum atomic E-state index is -0.258. The lowest BCUT2D eigenvalue weighted by Crippen LogP contribution is -2.38. The number of anilines is 1. The maximum atomic E-state index is 12.8. The topological polar surface area (TPSA) is 54.9 Å². The van der Waals surface area contributed by atoms with Crippen molar-refractivity contribution in [2.24, 2.45) is 0 Å². The molecule has 0 bridgehead atoms. The molecule has 2 heterocycles. The van der Waals surface area contributed by atoms with E-state index in [9.17, 15) is 4.79 Å². The largest absolute Gasteiger partial charge is 0.494 e. The zero-order valence-electron chi connectivity index (χ0n) is 13.9. The summed E-state index contributed by atoms with van der Waals surface area (Å²) in [7, 11) is 3.91. The third-order valence-electron chi connectivity index (χ3n) is 3.47. The Hall–Kier alpha value is -1.54. The predicted octanol–water partition coefficient (Wildman–Crippen LogP) is 3.15. The molecular weight excluding hydrogens is 385 g/mol. The molecule has 0 saturated carbocycles. The first-order chi connectivity index (χ1) is 11.6. The van der Waals surface area contributed by atoms with E-state index in [1.165, 1.54) is 17.6 Å². The van der Waals surface area contributed by atoms with Crippen LogP contribution in [0.3, 0.4) is 0 Å². The summed E-state index contributed by atoms with van der Waals surface area (Å²) in [5.74, 6) is -0.0583. The number of likely N-dealkylation sites (N-methyl/N-ethyl adjacent to an activating group) is 1. The molecule has 0 unspecified atom stereocenters. The van der Waals surface area contributed by atoms with Crippen LogP contribution in [-0.4, -0.2) is 56.2 Å². The molecule has 6 nitrogen and oxygen atoms in total. The zero-order valence-corrected chi connectivity index (χ0v) is 16.3. The van der Waals surface area contributed by atoms with E-state index < -0.39 is 0 Å². The monoisotopic (exact) mass is 403 g/mol. The van der Waals surface area contributed by atoms with E-state index in [2.05, 4.69) is 4.98 Å². The number of benzene rings is 1. The second kappa shape index (κ2) is 8.71. The number of para-hydroxylation sites is 1. The molecule has 1 aliphatic heterocycles. The van der Waals surface area contributed by atoms with Crippen molar-refractivity contribution >= 4 is 56.6 Å². The number of aromatic nitrogens is 1. The Morgan fingerprint density at radius 1 is 1.32 bits per heavy atom. The number of nitrogens with zero attached hydrogens (tertiary/aromatic N) is 3. The SMILES string of the molecule is CN(C)CCN(C(=O)C1=COCCO1)c1nc2c(Cl)cccc2s1.Cl. The van der Waals surface area contributed by atoms with Crippen LogP contribution in [0, 0.1) is 0 Å². The highest BCUT2D eigenvalue weighted by Crippen LogP contribution is 2.33. The van der Waals surface area contributed by atoms with E-state index in [1.807, 2.05) is 31.1 Å². The molecule has 9 heteroatoms. The van der Waals surface area contributed by atoms with Crippen molar-refractivity contribution < 1.29 is 14.3 Å². The van der Waals surface area contributed by atoms with Gasteiger partial charge in [-0.15, -0.1) is 12.4 Å². The van der Waals surface area contributed by atoms with E-state index in [4.69, 9.17) is 21.1 Å². The highest BCUT2D eigenvalue weighted by Gasteiger charge is 2.26. The average molecular weight is 404 g/mol. The van der Waals surface area contributed by atoms with Gasteiger partial charge in [0.15, 0.2) is 5.13 Å². The zero-order chi connectivity index (χ0) is 17.1. The van der Waals surface area contributed by atoms with Crippen molar-refractivity contribution in [2.75, 3.05) is 45.3 Å². The number of carbonyl (C=O) groups excluding carboxylic acids is 1. The van der Waals surface area contributed by atoms with Crippen LogP contribution in [0.4, 0.5) is 5.13 Å². The third-order valence-corrected chi connectivity index (χ3v) is 4.81. The lowest BCUT2D eigenvalue weighted by Gasteiger charge is -2.24.